The summed E-state index contributed by atoms with van der Waals surface area (Å²) in [5, 5.41) is -0.350. The van der Waals surface area contributed by atoms with E-state index in [1.54, 1.807) is 7.05 Å². The summed E-state index contributed by atoms with van der Waals surface area (Å²) in [6.45, 7) is 1.43. The van der Waals surface area contributed by atoms with Crippen molar-refractivity contribution in [2.75, 3.05) is 18.5 Å². The van der Waals surface area contributed by atoms with Crippen LogP contribution in [0.1, 0.15) is 12.5 Å². The number of nitrogens with zero attached hydrogens (tertiary/aromatic N) is 1. The minimum absolute atomic E-state index is 0.0545. The van der Waals surface area contributed by atoms with E-state index in [2.05, 4.69) is 0 Å². The molecule has 0 aliphatic carbocycles. The second-order valence-electron chi connectivity index (χ2n) is 3.72. The highest BCUT2D eigenvalue weighted by Crippen LogP contribution is 2.36. The lowest BCUT2D eigenvalue weighted by Crippen LogP contribution is -2.24. The molecule has 17 heavy (non-hydrogen) atoms. The van der Waals surface area contributed by atoms with Crippen LogP contribution in [0, 0.1) is 0 Å². The van der Waals surface area contributed by atoms with Crippen LogP contribution in [0.5, 0.6) is 0 Å². The molecule has 0 heterocycles. The Kier molecular flexibility index (Phi) is 4.03. The molecule has 0 aliphatic rings. The van der Waals surface area contributed by atoms with Gasteiger partial charge >= 0.3 is 6.18 Å². The Labute approximate surface area is 102 Å². The Morgan fingerprint density at radius 2 is 2.00 bits per heavy atom. The molecule has 0 spiro atoms. The number of ketones is 1. The molecule has 1 aromatic carbocycles. The Bertz CT molecular complexity index is 431. The molecule has 0 unspecified atom stereocenters. The number of rotatable bonds is 3. The highest BCUT2D eigenvalue weighted by atomic mass is 35.5. The van der Waals surface area contributed by atoms with Crippen molar-refractivity contribution in [3.05, 3.63) is 28.8 Å². The van der Waals surface area contributed by atoms with Gasteiger partial charge in [0.15, 0.2) is 0 Å². The van der Waals surface area contributed by atoms with Crippen molar-refractivity contribution in [1.29, 1.82) is 0 Å². The lowest BCUT2D eigenvalue weighted by molar-refractivity contribution is -0.137. The topological polar surface area (TPSA) is 20.3 Å². The molecular formula is C11H11ClF3NO. The Morgan fingerprint density at radius 3 is 2.47 bits per heavy atom. The maximum absolute atomic E-state index is 12.6. The van der Waals surface area contributed by atoms with E-state index in [1.165, 1.54) is 24.0 Å². The number of Topliss-reactive ketones (excluding diaryl/α,β-unsaturated/α-hetero) is 1. The van der Waals surface area contributed by atoms with Crippen LogP contribution in [-0.4, -0.2) is 19.4 Å². The van der Waals surface area contributed by atoms with E-state index in [0.717, 1.165) is 6.07 Å². The zero-order valence-corrected chi connectivity index (χ0v) is 10.1. The van der Waals surface area contributed by atoms with Gasteiger partial charge in [0.25, 0.3) is 0 Å². The molecular weight excluding hydrogens is 255 g/mol. The molecule has 0 amide bonds. The summed E-state index contributed by atoms with van der Waals surface area (Å²) in [5.74, 6) is -0.129. The SMILES string of the molecule is CC(=O)CN(C)c1ccc(Cl)c(C(F)(F)F)c1. The van der Waals surface area contributed by atoms with Crippen LogP contribution < -0.4 is 4.90 Å². The van der Waals surface area contributed by atoms with E-state index in [1.807, 2.05) is 0 Å². The molecule has 2 nitrogen and oxygen atoms in total. The summed E-state index contributed by atoms with van der Waals surface area (Å²) in [5.41, 5.74) is -0.594. The van der Waals surface area contributed by atoms with E-state index in [-0.39, 0.29) is 17.4 Å². The van der Waals surface area contributed by atoms with Crippen LogP contribution >= 0.6 is 11.6 Å². The first-order valence-electron chi connectivity index (χ1n) is 4.79. The normalized spacial score (nSPS) is 11.4. The second-order valence-corrected chi connectivity index (χ2v) is 4.13. The molecule has 0 N–H and O–H groups in total. The monoisotopic (exact) mass is 265 g/mol. The van der Waals surface area contributed by atoms with Crippen LogP contribution in [0.25, 0.3) is 0 Å². The zero-order chi connectivity index (χ0) is 13.2. The summed E-state index contributed by atoms with van der Waals surface area (Å²) in [6.07, 6.45) is -4.50. The smallest absolute Gasteiger partial charge is 0.367 e. The molecule has 1 aromatic rings. The van der Waals surface area contributed by atoms with Gasteiger partial charge in [0.1, 0.15) is 5.78 Å². The summed E-state index contributed by atoms with van der Waals surface area (Å²) in [4.78, 5) is 12.3. The molecule has 0 saturated heterocycles. The average molecular weight is 266 g/mol. The Hall–Kier alpha value is -1.23. The number of carbonyl (C=O) groups is 1. The van der Waals surface area contributed by atoms with Gasteiger partial charge < -0.3 is 4.90 Å². The van der Waals surface area contributed by atoms with Gasteiger partial charge in [0.05, 0.1) is 17.1 Å². The minimum Gasteiger partial charge on any atom is -0.367 e. The van der Waals surface area contributed by atoms with E-state index < -0.39 is 11.7 Å². The quantitative estimate of drug-likeness (QED) is 0.835. The van der Waals surface area contributed by atoms with Crippen LogP contribution in [0.4, 0.5) is 18.9 Å². The van der Waals surface area contributed by atoms with E-state index >= 15 is 0 Å². The molecule has 0 aromatic heterocycles. The van der Waals surface area contributed by atoms with Crippen molar-refractivity contribution in [3.8, 4) is 0 Å². The third kappa shape index (κ3) is 3.63. The van der Waals surface area contributed by atoms with Crippen LogP contribution in [-0.2, 0) is 11.0 Å². The summed E-state index contributed by atoms with van der Waals surface area (Å²) in [6, 6.07) is 3.56. The maximum atomic E-state index is 12.6. The van der Waals surface area contributed by atoms with E-state index in [9.17, 15) is 18.0 Å². The molecule has 0 atom stereocenters. The molecule has 0 saturated carbocycles. The Morgan fingerprint density at radius 1 is 1.41 bits per heavy atom. The minimum atomic E-state index is -4.50. The number of alkyl halides is 3. The fourth-order valence-corrected chi connectivity index (χ4v) is 1.62. The van der Waals surface area contributed by atoms with Crippen molar-refractivity contribution < 1.29 is 18.0 Å². The van der Waals surface area contributed by atoms with Gasteiger partial charge in [-0.3, -0.25) is 4.79 Å². The largest absolute Gasteiger partial charge is 0.417 e. The van der Waals surface area contributed by atoms with Crippen molar-refractivity contribution in [2.45, 2.75) is 13.1 Å². The van der Waals surface area contributed by atoms with Crippen LogP contribution in [0.3, 0.4) is 0 Å². The van der Waals surface area contributed by atoms with Gasteiger partial charge in [0, 0.05) is 12.7 Å². The Balaban J connectivity index is 3.08. The standard InChI is InChI=1S/C11H11ClF3NO/c1-7(17)6-16(2)8-3-4-10(12)9(5-8)11(13,14)15/h3-5H,6H2,1-2H3. The number of benzene rings is 1. The number of likely N-dealkylation sites (N-methyl/N-ethyl adjacent to an activating group) is 1. The fraction of sp³-hybridized carbons (Fsp3) is 0.364. The number of carbonyl (C=O) groups excluding carboxylic acids is 1. The molecule has 1 rings (SSSR count). The van der Waals surface area contributed by atoms with Crippen molar-refractivity contribution in [3.63, 3.8) is 0 Å². The van der Waals surface area contributed by atoms with Gasteiger partial charge in [-0.15, -0.1) is 0 Å². The highest BCUT2D eigenvalue weighted by Gasteiger charge is 2.33. The van der Waals surface area contributed by atoms with E-state index in [0.29, 0.717) is 5.69 Å². The molecule has 94 valence electrons. The van der Waals surface area contributed by atoms with E-state index in [4.69, 9.17) is 11.6 Å². The van der Waals surface area contributed by atoms with Crippen LogP contribution in [0.15, 0.2) is 18.2 Å². The van der Waals surface area contributed by atoms with Crippen molar-refractivity contribution in [2.24, 2.45) is 0 Å². The van der Waals surface area contributed by atoms with Gasteiger partial charge in [0.2, 0.25) is 0 Å². The van der Waals surface area contributed by atoms with Gasteiger partial charge in [-0.2, -0.15) is 13.2 Å². The lowest BCUT2D eigenvalue weighted by Gasteiger charge is -2.19. The predicted octanol–water partition coefficient (Wildman–Crippen LogP) is 3.38. The number of hydrogen-bond donors (Lipinski definition) is 0. The van der Waals surface area contributed by atoms with Gasteiger partial charge in [-0.05, 0) is 25.1 Å². The number of anilines is 1. The first-order valence-corrected chi connectivity index (χ1v) is 5.17. The third-order valence-electron chi connectivity index (χ3n) is 2.16. The average Bonchev–Trinajstić information content (AvgIpc) is 2.15. The third-order valence-corrected chi connectivity index (χ3v) is 2.49. The lowest BCUT2D eigenvalue weighted by atomic mass is 10.1. The van der Waals surface area contributed by atoms with Crippen molar-refractivity contribution in [1.82, 2.24) is 0 Å². The molecule has 0 fully saturated rings. The van der Waals surface area contributed by atoms with Crippen LogP contribution in [0.2, 0.25) is 5.02 Å². The summed E-state index contributed by atoms with van der Waals surface area (Å²) in [7, 11) is 1.55. The van der Waals surface area contributed by atoms with Gasteiger partial charge in [-0.1, -0.05) is 11.6 Å². The number of hydrogen-bond acceptors (Lipinski definition) is 2. The van der Waals surface area contributed by atoms with Crippen molar-refractivity contribution >= 4 is 23.1 Å². The first-order chi connectivity index (χ1) is 7.71. The molecule has 0 bridgehead atoms. The maximum Gasteiger partial charge on any atom is 0.417 e. The van der Waals surface area contributed by atoms with Gasteiger partial charge in [-0.25, -0.2) is 0 Å². The molecule has 0 radical (unpaired) electrons. The first kappa shape index (κ1) is 13.8. The molecule has 0 aliphatic heterocycles. The fourth-order valence-electron chi connectivity index (χ4n) is 1.39. The highest BCUT2D eigenvalue weighted by molar-refractivity contribution is 6.31. The summed E-state index contributed by atoms with van der Waals surface area (Å²) < 4.78 is 37.8. The zero-order valence-electron chi connectivity index (χ0n) is 9.31. The second kappa shape index (κ2) is 4.96. The predicted molar refractivity (Wildman–Crippen MR) is 60.4 cm³/mol. The molecule has 6 heteroatoms. The number of halogens is 4. The summed E-state index contributed by atoms with van der Waals surface area (Å²) >= 11 is 5.49.